The van der Waals surface area contributed by atoms with Crippen molar-refractivity contribution in [2.75, 3.05) is 33.7 Å². The lowest BCUT2D eigenvalue weighted by molar-refractivity contribution is 0.150. The fourth-order valence-electron chi connectivity index (χ4n) is 2.98. The molecule has 0 aromatic carbocycles. The van der Waals surface area contributed by atoms with Crippen LogP contribution in [0.4, 0.5) is 0 Å². The molecule has 0 aromatic heterocycles. The molecule has 2 rings (SSSR count). The first-order chi connectivity index (χ1) is 7.23. The minimum Gasteiger partial charge on any atom is -0.315 e. The lowest BCUT2D eigenvalue weighted by Crippen LogP contribution is -2.52. The summed E-state index contributed by atoms with van der Waals surface area (Å²) in [6, 6.07) is 0.711. The molecule has 88 valence electrons. The van der Waals surface area contributed by atoms with Crippen molar-refractivity contribution in [3.63, 3.8) is 0 Å². The molecule has 1 aliphatic heterocycles. The van der Waals surface area contributed by atoms with E-state index in [0.717, 1.165) is 6.54 Å². The monoisotopic (exact) mass is 211 g/mol. The molecule has 0 aromatic rings. The molecule has 0 radical (unpaired) electrons. The normalized spacial score (nSPS) is 30.2. The third kappa shape index (κ3) is 2.52. The van der Waals surface area contributed by atoms with E-state index in [1.165, 1.54) is 45.2 Å². The van der Waals surface area contributed by atoms with E-state index in [4.69, 9.17) is 0 Å². The van der Waals surface area contributed by atoms with Crippen LogP contribution in [0.1, 0.15) is 32.1 Å². The molecule has 1 heterocycles. The summed E-state index contributed by atoms with van der Waals surface area (Å²) < 4.78 is 0. The molecule has 0 bridgehead atoms. The number of hydrogen-bond acceptors (Lipinski definition) is 3. The van der Waals surface area contributed by atoms with Crippen LogP contribution in [0.2, 0.25) is 0 Å². The van der Waals surface area contributed by atoms with Crippen LogP contribution in [-0.2, 0) is 0 Å². The molecule has 1 atom stereocenters. The second-order valence-corrected chi connectivity index (χ2v) is 5.40. The van der Waals surface area contributed by atoms with Crippen LogP contribution in [-0.4, -0.2) is 50.2 Å². The van der Waals surface area contributed by atoms with E-state index in [-0.39, 0.29) is 0 Å². The van der Waals surface area contributed by atoms with Gasteiger partial charge in [-0.05, 0) is 39.9 Å². The van der Waals surface area contributed by atoms with E-state index in [1.54, 1.807) is 0 Å². The molecule has 0 amide bonds. The van der Waals surface area contributed by atoms with Crippen LogP contribution in [0.15, 0.2) is 0 Å². The summed E-state index contributed by atoms with van der Waals surface area (Å²) >= 11 is 0. The molecule has 2 aliphatic rings. The minimum atomic E-state index is 0.447. The molecule has 1 saturated carbocycles. The van der Waals surface area contributed by atoms with E-state index in [0.29, 0.717) is 11.6 Å². The summed E-state index contributed by atoms with van der Waals surface area (Å²) in [5.41, 5.74) is 0.447. The standard InChI is InChI=1S/C12H25N3/c1-15(2)12(6-3-4-7-12)10-14-11-5-8-13-9-11/h11,13-14H,3-10H2,1-2H3. The Balaban J connectivity index is 1.83. The van der Waals surface area contributed by atoms with Crippen molar-refractivity contribution in [3.05, 3.63) is 0 Å². The predicted molar refractivity (Wildman–Crippen MR) is 64.2 cm³/mol. The maximum atomic E-state index is 3.74. The van der Waals surface area contributed by atoms with Crippen LogP contribution in [0.5, 0.6) is 0 Å². The Kier molecular flexibility index (Phi) is 3.65. The molecular formula is C12H25N3. The Morgan fingerprint density at radius 3 is 2.60 bits per heavy atom. The van der Waals surface area contributed by atoms with Crippen molar-refractivity contribution in [3.8, 4) is 0 Å². The molecule has 0 spiro atoms. The summed E-state index contributed by atoms with van der Waals surface area (Å²) in [6.45, 7) is 3.52. The van der Waals surface area contributed by atoms with Crippen LogP contribution in [0, 0.1) is 0 Å². The number of nitrogens with zero attached hydrogens (tertiary/aromatic N) is 1. The van der Waals surface area contributed by atoms with Gasteiger partial charge >= 0.3 is 0 Å². The van der Waals surface area contributed by atoms with Gasteiger partial charge in [0.25, 0.3) is 0 Å². The quantitative estimate of drug-likeness (QED) is 0.721. The van der Waals surface area contributed by atoms with Gasteiger partial charge in [0.15, 0.2) is 0 Å². The van der Waals surface area contributed by atoms with Gasteiger partial charge in [0.1, 0.15) is 0 Å². The minimum absolute atomic E-state index is 0.447. The van der Waals surface area contributed by atoms with Gasteiger partial charge in [-0.3, -0.25) is 0 Å². The molecule has 3 nitrogen and oxygen atoms in total. The largest absolute Gasteiger partial charge is 0.315 e. The van der Waals surface area contributed by atoms with Crippen molar-refractivity contribution in [1.82, 2.24) is 15.5 Å². The zero-order valence-corrected chi connectivity index (χ0v) is 10.2. The molecule has 1 saturated heterocycles. The Morgan fingerprint density at radius 1 is 1.33 bits per heavy atom. The smallest absolute Gasteiger partial charge is 0.0328 e. The SMILES string of the molecule is CN(C)C1(CNC2CCNC2)CCCC1. The van der Waals surface area contributed by atoms with E-state index in [2.05, 4.69) is 29.6 Å². The number of rotatable bonds is 4. The predicted octanol–water partition coefficient (Wildman–Crippen LogP) is 0.812. The molecular weight excluding hydrogens is 186 g/mol. The van der Waals surface area contributed by atoms with Crippen LogP contribution >= 0.6 is 0 Å². The Bertz CT molecular complexity index is 191. The van der Waals surface area contributed by atoms with Gasteiger partial charge in [-0.2, -0.15) is 0 Å². The van der Waals surface area contributed by atoms with Crippen LogP contribution in [0.3, 0.4) is 0 Å². The molecule has 15 heavy (non-hydrogen) atoms. The average molecular weight is 211 g/mol. The molecule has 2 fully saturated rings. The van der Waals surface area contributed by atoms with E-state index < -0.39 is 0 Å². The highest BCUT2D eigenvalue weighted by molar-refractivity contribution is 4.95. The first kappa shape index (κ1) is 11.4. The van der Waals surface area contributed by atoms with Gasteiger partial charge < -0.3 is 15.5 Å². The van der Waals surface area contributed by atoms with Gasteiger partial charge in [0.2, 0.25) is 0 Å². The second kappa shape index (κ2) is 4.81. The molecule has 2 N–H and O–H groups in total. The summed E-state index contributed by atoms with van der Waals surface area (Å²) in [5.74, 6) is 0. The van der Waals surface area contributed by atoms with Crippen molar-refractivity contribution < 1.29 is 0 Å². The summed E-state index contributed by atoms with van der Waals surface area (Å²) in [5, 5.41) is 7.15. The van der Waals surface area contributed by atoms with Gasteiger partial charge in [-0.15, -0.1) is 0 Å². The summed E-state index contributed by atoms with van der Waals surface area (Å²) in [6.07, 6.45) is 6.84. The lowest BCUT2D eigenvalue weighted by Gasteiger charge is -2.37. The maximum Gasteiger partial charge on any atom is 0.0328 e. The second-order valence-electron chi connectivity index (χ2n) is 5.40. The van der Waals surface area contributed by atoms with E-state index in [1.807, 2.05) is 0 Å². The van der Waals surface area contributed by atoms with Crippen LogP contribution in [0.25, 0.3) is 0 Å². The topological polar surface area (TPSA) is 27.3 Å². The highest BCUT2D eigenvalue weighted by atomic mass is 15.2. The Hall–Kier alpha value is -0.120. The fraction of sp³-hybridized carbons (Fsp3) is 1.00. The number of likely N-dealkylation sites (N-methyl/N-ethyl adjacent to an activating group) is 1. The number of nitrogens with one attached hydrogen (secondary N) is 2. The van der Waals surface area contributed by atoms with Gasteiger partial charge in [-0.1, -0.05) is 12.8 Å². The van der Waals surface area contributed by atoms with Crippen molar-refractivity contribution >= 4 is 0 Å². The summed E-state index contributed by atoms with van der Waals surface area (Å²) in [7, 11) is 4.47. The van der Waals surface area contributed by atoms with Crippen molar-refractivity contribution in [2.24, 2.45) is 0 Å². The molecule has 3 heteroatoms. The first-order valence-electron chi connectivity index (χ1n) is 6.34. The Morgan fingerprint density at radius 2 is 2.07 bits per heavy atom. The van der Waals surface area contributed by atoms with Gasteiger partial charge in [-0.25, -0.2) is 0 Å². The van der Waals surface area contributed by atoms with Crippen molar-refractivity contribution in [1.29, 1.82) is 0 Å². The third-order valence-electron chi connectivity index (χ3n) is 4.26. The maximum absolute atomic E-state index is 3.74. The highest BCUT2D eigenvalue weighted by Crippen LogP contribution is 2.33. The third-order valence-corrected chi connectivity index (χ3v) is 4.26. The molecule has 1 aliphatic carbocycles. The summed E-state index contributed by atoms with van der Waals surface area (Å²) in [4.78, 5) is 2.44. The van der Waals surface area contributed by atoms with Gasteiger partial charge in [0, 0.05) is 24.7 Å². The Labute approximate surface area is 93.6 Å². The zero-order valence-electron chi connectivity index (χ0n) is 10.2. The fourth-order valence-corrected chi connectivity index (χ4v) is 2.98. The highest BCUT2D eigenvalue weighted by Gasteiger charge is 2.36. The average Bonchev–Trinajstić information content (AvgIpc) is 2.87. The first-order valence-corrected chi connectivity index (χ1v) is 6.34. The van der Waals surface area contributed by atoms with E-state index in [9.17, 15) is 0 Å². The lowest BCUT2D eigenvalue weighted by atomic mass is 9.95. The van der Waals surface area contributed by atoms with E-state index >= 15 is 0 Å². The van der Waals surface area contributed by atoms with Crippen LogP contribution < -0.4 is 10.6 Å². The van der Waals surface area contributed by atoms with Gasteiger partial charge in [0.05, 0.1) is 0 Å². The zero-order chi connectivity index (χ0) is 10.7. The van der Waals surface area contributed by atoms with Crippen molar-refractivity contribution in [2.45, 2.75) is 43.7 Å². The molecule has 1 unspecified atom stereocenters. The number of hydrogen-bond donors (Lipinski definition) is 2.